The molecule has 1 N–H and O–H groups in total. The Morgan fingerprint density at radius 3 is 2.67 bits per heavy atom. The second-order valence-electron chi connectivity index (χ2n) is 7.37. The smallest absolute Gasteiger partial charge is 0.0547 e. The second-order valence-corrected chi connectivity index (χ2v) is 7.37. The lowest BCUT2D eigenvalue weighted by Crippen LogP contribution is -2.49. The van der Waals surface area contributed by atoms with Crippen LogP contribution in [0.3, 0.4) is 0 Å². The Morgan fingerprint density at radius 2 is 2.17 bits per heavy atom. The van der Waals surface area contributed by atoms with Gasteiger partial charge < -0.3 is 10.1 Å². The average molecular weight is 254 g/mol. The number of nitrogens with one attached hydrogen (secondary N) is 1. The van der Waals surface area contributed by atoms with Crippen LogP contribution in [0.15, 0.2) is 0 Å². The van der Waals surface area contributed by atoms with Crippen molar-refractivity contribution in [1.82, 2.24) is 10.2 Å². The molecule has 0 aromatic carbocycles. The van der Waals surface area contributed by atoms with Crippen molar-refractivity contribution in [2.24, 2.45) is 5.41 Å². The lowest BCUT2D eigenvalue weighted by atomic mass is 9.85. The van der Waals surface area contributed by atoms with Gasteiger partial charge in [0.05, 0.1) is 6.61 Å². The first-order chi connectivity index (χ1) is 8.40. The molecule has 106 valence electrons. The average Bonchev–Trinajstić information content (AvgIpc) is 2.87. The Labute approximate surface area is 112 Å². The van der Waals surface area contributed by atoms with Gasteiger partial charge in [0.1, 0.15) is 0 Å². The molecule has 2 fully saturated rings. The molecule has 2 aliphatic rings. The monoisotopic (exact) mass is 254 g/mol. The number of nitrogens with zero attached hydrogens (tertiary/aromatic N) is 1. The fourth-order valence-corrected chi connectivity index (χ4v) is 3.08. The molecule has 0 spiro atoms. The third-order valence-electron chi connectivity index (χ3n) is 4.41. The van der Waals surface area contributed by atoms with Crippen molar-refractivity contribution in [2.75, 3.05) is 32.8 Å². The van der Waals surface area contributed by atoms with Gasteiger partial charge in [-0.25, -0.2) is 0 Å². The van der Waals surface area contributed by atoms with Crippen LogP contribution in [-0.4, -0.2) is 49.3 Å². The molecule has 2 heterocycles. The van der Waals surface area contributed by atoms with Gasteiger partial charge >= 0.3 is 0 Å². The van der Waals surface area contributed by atoms with Crippen LogP contribution >= 0.6 is 0 Å². The predicted molar refractivity (Wildman–Crippen MR) is 75.9 cm³/mol. The van der Waals surface area contributed by atoms with E-state index in [-0.39, 0.29) is 5.54 Å². The van der Waals surface area contributed by atoms with E-state index in [4.69, 9.17) is 4.74 Å². The highest BCUT2D eigenvalue weighted by molar-refractivity contribution is 4.92. The summed E-state index contributed by atoms with van der Waals surface area (Å²) in [6.07, 6.45) is 3.94. The van der Waals surface area contributed by atoms with Gasteiger partial charge in [-0.3, -0.25) is 4.90 Å². The van der Waals surface area contributed by atoms with Crippen molar-refractivity contribution in [1.29, 1.82) is 0 Å². The van der Waals surface area contributed by atoms with Gasteiger partial charge in [0.2, 0.25) is 0 Å². The van der Waals surface area contributed by atoms with Gasteiger partial charge in [-0.1, -0.05) is 0 Å². The van der Waals surface area contributed by atoms with E-state index in [1.54, 1.807) is 0 Å². The number of hydrogen-bond donors (Lipinski definition) is 1. The maximum absolute atomic E-state index is 5.70. The molecule has 2 aliphatic heterocycles. The van der Waals surface area contributed by atoms with Gasteiger partial charge in [0, 0.05) is 36.7 Å². The fraction of sp³-hybridized carbons (Fsp3) is 1.00. The summed E-state index contributed by atoms with van der Waals surface area (Å²) in [5.74, 6) is 0. The molecule has 2 saturated heterocycles. The Bertz CT molecular complexity index is 266. The van der Waals surface area contributed by atoms with Gasteiger partial charge in [-0.15, -0.1) is 0 Å². The molecule has 0 radical (unpaired) electrons. The summed E-state index contributed by atoms with van der Waals surface area (Å²) in [6, 6.07) is 0.761. The lowest BCUT2D eigenvalue weighted by molar-refractivity contribution is 0.1000. The lowest BCUT2D eigenvalue weighted by Gasteiger charge is -2.36. The number of likely N-dealkylation sites (tertiary alicyclic amines) is 1. The molecule has 2 unspecified atom stereocenters. The van der Waals surface area contributed by atoms with Crippen molar-refractivity contribution in [3.05, 3.63) is 0 Å². The molecule has 0 aromatic rings. The summed E-state index contributed by atoms with van der Waals surface area (Å²) in [7, 11) is 0. The molecule has 0 aliphatic carbocycles. The molecule has 0 amide bonds. The SMILES string of the molecule is CC1CCCN1CC1(CNC(C)(C)C)CCOC1. The second kappa shape index (κ2) is 5.48. The largest absolute Gasteiger partial charge is 0.381 e. The van der Waals surface area contributed by atoms with Crippen molar-refractivity contribution in [3.63, 3.8) is 0 Å². The third kappa shape index (κ3) is 3.69. The van der Waals surface area contributed by atoms with E-state index < -0.39 is 0 Å². The van der Waals surface area contributed by atoms with Gasteiger partial charge in [0.15, 0.2) is 0 Å². The molecule has 2 atom stereocenters. The van der Waals surface area contributed by atoms with Gasteiger partial charge in [0.25, 0.3) is 0 Å². The minimum absolute atomic E-state index is 0.201. The molecule has 0 aromatic heterocycles. The van der Waals surface area contributed by atoms with Crippen LogP contribution < -0.4 is 5.32 Å². The van der Waals surface area contributed by atoms with Crippen LogP contribution in [0.4, 0.5) is 0 Å². The highest BCUT2D eigenvalue weighted by Crippen LogP contribution is 2.32. The Hall–Kier alpha value is -0.120. The minimum Gasteiger partial charge on any atom is -0.381 e. The summed E-state index contributed by atoms with van der Waals surface area (Å²) in [5, 5.41) is 3.69. The van der Waals surface area contributed by atoms with E-state index in [1.807, 2.05) is 0 Å². The van der Waals surface area contributed by atoms with E-state index in [1.165, 1.54) is 32.4 Å². The molecule has 0 saturated carbocycles. The van der Waals surface area contributed by atoms with Gasteiger partial charge in [-0.05, 0) is 53.5 Å². The van der Waals surface area contributed by atoms with Crippen LogP contribution in [0.1, 0.15) is 47.0 Å². The molecular weight excluding hydrogens is 224 g/mol. The maximum Gasteiger partial charge on any atom is 0.0547 e. The van der Waals surface area contributed by atoms with E-state index in [2.05, 4.69) is 37.9 Å². The van der Waals surface area contributed by atoms with Crippen molar-refractivity contribution < 1.29 is 4.74 Å². The number of hydrogen-bond acceptors (Lipinski definition) is 3. The van der Waals surface area contributed by atoms with E-state index in [9.17, 15) is 0 Å². The quantitative estimate of drug-likeness (QED) is 0.833. The zero-order valence-electron chi connectivity index (χ0n) is 12.6. The first-order valence-corrected chi connectivity index (χ1v) is 7.47. The summed E-state index contributed by atoms with van der Waals surface area (Å²) in [6.45, 7) is 14.5. The van der Waals surface area contributed by atoms with Crippen molar-refractivity contribution in [2.45, 2.75) is 58.5 Å². The van der Waals surface area contributed by atoms with Gasteiger partial charge in [-0.2, -0.15) is 0 Å². The van der Waals surface area contributed by atoms with Crippen LogP contribution in [0.5, 0.6) is 0 Å². The van der Waals surface area contributed by atoms with E-state index in [0.29, 0.717) is 5.41 Å². The fourth-order valence-electron chi connectivity index (χ4n) is 3.08. The van der Waals surface area contributed by atoms with Crippen LogP contribution in [0, 0.1) is 5.41 Å². The first kappa shape index (κ1) is 14.3. The topological polar surface area (TPSA) is 24.5 Å². The third-order valence-corrected chi connectivity index (χ3v) is 4.41. The number of rotatable bonds is 4. The zero-order valence-corrected chi connectivity index (χ0v) is 12.6. The van der Waals surface area contributed by atoms with Crippen LogP contribution in [0.2, 0.25) is 0 Å². The molecule has 3 nitrogen and oxygen atoms in total. The molecule has 0 bridgehead atoms. The van der Waals surface area contributed by atoms with E-state index >= 15 is 0 Å². The molecule has 2 rings (SSSR count). The highest BCUT2D eigenvalue weighted by atomic mass is 16.5. The van der Waals surface area contributed by atoms with Crippen LogP contribution in [0.25, 0.3) is 0 Å². The summed E-state index contributed by atoms with van der Waals surface area (Å²) in [5.41, 5.74) is 0.540. The minimum atomic E-state index is 0.201. The first-order valence-electron chi connectivity index (χ1n) is 7.47. The summed E-state index contributed by atoms with van der Waals surface area (Å²) >= 11 is 0. The molecule has 3 heteroatoms. The van der Waals surface area contributed by atoms with Crippen LogP contribution in [-0.2, 0) is 4.74 Å². The predicted octanol–water partition coefficient (Wildman–Crippen LogP) is 2.27. The summed E-state index contributed by atoms with van der Waals surface area (Å²) in [4.78, 5) is 2.67. The Balaban J connectivity index is 1.93. The normalized spacial score (nSPS) is 34.3. The summed E-state index contributed by atoms with van der Waals surface area (Å²) < 4.78 is 5.70. The Morgan fingerprint density at radius 1 is 1.39 bits per heavy atom. The van der Waals surface area contributed by atoms with E-state index in [0.717, 1.165) is 25.8 Å². The zero-order chi connectivity index (χ0) is 13.2. The van der Waals surface area contributed by atoms with Crippen molar-refractivity contribution >= 4 is 0 Å². The van der Waals surface area contributed by atoms with Crippen molar-refractivity contribution in [3.8, 4) is 0 Å². The Kier molecular flexibility index (Phi) is 4.35. The highest BCUT2D eigenvalue weighted by Gasteiger charge is 2.39. The molecular formula is C15H30N2O. The molecule has 18 heavy (non-hydrogen) atoms. The number of ether oxygens (including phenoxy) is 1. The standard InChI is InChI=1S/C15H30N2O/c1-13-6-5-8-17(13)11-15(7-9-18-12-15)10-16-14(2,3)4/h13,16H,5-12H2,1-4H3. The maximum atomic E-state index is 5.70.